The fraction of sp³-hybridized carbons (Fsp3) is 0.100. The molecule has 0 atom stereocenters. The Hall–Kier alpha value is -3.41. The van der Waals surface area contributed by atoms with Crippen molar-refractivity contribution < 1.29 is 9.18 Å². The Morgan fingerprint density at radius 2 is 1.81 bits per heavy atom. The molecule has 5 nitrogen and oxygen atoms in total. The first-order valence-electron chi connectivity index (χ1n) is 8.09. The highest BCUT2D eigenvalue weighted by molar-refractivity contribution is 5.95. The topological polar surface area (TPSA) is 49.6 Å². The van der Waals surface area contributed by atoms with E-state index in [0.29, 0.717) is 0 Å². The van der Waals surface area contributed by atoms with Crippen LogP contribution in [0.4, 0.5) is 10.1 Å². The van der Waals surface area contributed by atoms with Crippen LogP contribution in [0.3, 0.4) is 0 Å². The summed E-state index contributed by atoms with van der Waals surface area (Å²) in [6.07, 6.45) is 3.43. The number of rotatable bonds is 5. The summed E-state index contributed by atoms with van der Waals surface area (Å²) in [5.41, 5.74) is 5.18. The molecule has 3 aromatic rings. The second-order valence-electron chi connectivity index (χ2n) is 5.89. The Kier molecular flexibility index (Phi) is 5.12. The van der Waals surface area contributed by atoms with Crippen molar-refractivity contribution in [2.45, 2.75) is 0 Å². The molecule has 0 bridgehead atoms. The zero-order valence-electron chi connectivity index (χ0n) is 14.6. The number of halogens is 1. The van der Waals surface area contributed by atoms with Gasteiger partial charge in [-0.25, -0.2) is 9.82 Å². The summed E-state index contributed by atoms with van der Waals surface area (Å²) in [6.45, 7) is 0. The number of carbonyl (C=O) groups is 1. The molecule has 0 aliphatic rings. The van der Waals surface area contributed by atoms with Crippen molar-refractivity contribution in [3.8, 4) is 5.69 Å². The van der Waals surface area contributed by atoms with E-state index in [2.05, 4.69) is 10.5 Å². The largest absolute Gasteiger partial charge is 0.378 e. The van der Waals surface area contributed by atoms with Crippen LogP contribution in [0.1, 0.15) is 16.1 Å². The number of hydrogen-bond acceptors (Lipinski definition) is 3. The van der Waals surface area contributed by atoms with Gasteiger partial charge in [0.05, 0.1) is 17.5 Å². The molecule has 26 heavy (non-hydrogen) atoms. The maximum absolute atomic E-state index is 13.6. The summed E-state index contributed by atoms with van der Waals surface area (Å²) >= 11 is 0. The molecule has 0 spiro atoms. The first-order chi connectivity index (χ1) is 12.6. The quantitative estimate of drug-likeness (QED) is 0.566. The molecular weight excluding hydrogens is 331 g/mol. The van der Waals surface area contributed by atoms with Gasteiger partial charge in [-0.1, -0.05) is 12.1 Å². The van der Waals surface area contributed by atoms with Crippen LogP contribution in [-0.4, -0.2) is 30.8 Å². The van der Waals surface area contributed by atoms with Crippen molar-refractivity contribution in [1.82, 2.24) is 9.99 Å². The van der Waals surface area contributed by atoms with Gasteiger partial charge >= 0.3 is 0 Å². The van der Waals surface area contributed by atoms with Gasteiger partial charge < -0.3 is 9.47 Å². The molecule has 0 radical (unpaired) electrons. The summed E-state index contributed by atoms with van der Waals surface area (Å²) in [5.74, 6) is -1.17. The monoisotopic (exact) mass is 350 g/mol. The van der Waals surface area contributed by atoms with Gasteiger partial charge in [0.2, 0.25) is 0 Å². The van der Waals surface area contributed by atoms with Crippen LogP contribution in [0.25, 0.3) is 5.69 Å². The third-order valence-corrected chi connectivity index (χ3v) is 3.91. The van der Waals surface area contributed by atoms with Gasteiger partial charge in [0.25, 0.3) is 5.91 Å². The van der Waals surface area contributed by atoms with E-state index >= 15 is 0 Å². The van der Waals surface area contributed by atoms with Gasteiger partial charge in [-0.3, -0.25) is 4.79 Å². The van der Waals surface area contributed by atoms with Crippen LogP contribution in [0.15, 0.2) is 72.0 Å². The number of hydrazone groups is 1. The van der Waals surface area contributed by atoms with Crippen molar-refractivity contribution in [3.63, 3.8) is 0 Å². The molecule has 1 N–H and O–H groups in total. The van der Waals surface area contributed by atoms with Gasteiger partial charge in [0.1, 0.15) is 5.82 Å². The molecule has 0 saturated carbocycles. The highest BCUT2D eigenvalue weighted by atomic mass is 19.1. The first kappa shape index (κ1) is 17.4. The molecule has 0 aliphatic carbocycles. The van der Waals surface area contributed by atoms with Crippen LogP contribution in [-0.2, 0) is 0 Å². The van der Waals surface area contributed by atoms with Gasteiger partial charge in [-0.15, -0.1) is 0 Å². The Bertz CT molecular complexity index is 929. The van der Waals surface area contributed by atoms with Gasteiger partial charge in [-0.05, 0) is 48.5 Å². The second kappa shape index (κ2) is 7.65. The molecule has 0 fully saturated rings. The molecule has 132 valence electrons. The van der Waals surface area contributed by atoms with Gasteiger partial charge in [-0.2, -0.15) is 5.10 Å². The van der Waals surface area contributed by atoms with Crippen molar-refractivity contribution in [2.75, 3.05) is 19.0 Å². The molecule has 1 heterocycles. The zero-order valence-corrected chi connectivity index (χ0v) is 14.6. The Balaban J connectivity index is 1.73. The highest BCUT2D eigenvalue weighted by Gasteiger charge is 2.09. The molecule has 3 rings (SSSR count). The summed E-state index contributed by atoms with van der Waals surface area (Å²) in [4.78, 5) is 14.0. The number of anilines is 1. The third-order valence-electron chi connectivity index (χ3n) is 3.91. The molecule has 1 aromatic heterocycles. The molecule has 6 heteroatoms. The predicted molar refractivity (Wildman–Crippen MR) is 102 cm³/mol. The number of nitrogens with zero attached hydrogens (tertiary/aromatic N) is 3. The fourth-order valence-electron chi connectivity index (χ4n) is 2.51. The summed E-state index contributed by atoms with van der Waals surface area (Å²) in [5, 5.41) is 3.94. The molecule has 1 amide bonds. The fourth-order valence-corrected chi connectivity index (χ4v) is 2.51. The van der Waals surface area contributed by atoms with Crippen molar-refractivity contribution >= 4 is 17.8 Å². The lowest BCUT2D eigenvalue weighted by Gasteiger charge is -2.13. The Labute approximate surface area is 151 Å². The number of benzene rings is 2. The van der Waals surface area contributed by atoms with E-state index in [4.69, 9.17) is 0 Å². The maximum Gasteiger partial charge on any atom is 0.274 e. The number of carbonyl (C=O) groups excluding carboxylic acids is 1. The van der Waals surface area contributed by atoms with E-state index in [9.17, 15) is 9.18 Å². The van der Waals surface area contributed by atoms with Crippen LogP contribution in [0.5, 0.6) is 0 Å². The molecule has 0 aliphatic heterocycles. The summed E-state index contributed by atoms with van der Waals surface area (Å²) < 4.78 is 15.5. The van der Waals surface area contributed by atoms with Crippen LogP contribution in [0, 0.1) is 5.82 Å². The van der Waals surface area contributed by atoms with Crippen LogP contribution >= 0.6 is 0 Å². The van der Waals surface area contributed by atoms with E-state index < -0.39 is 11.7 Å². The average molecular weight is 350 g/mol. The molecule has 2 aromatic carbocycles. The lowest BCUT2D eigenvalue weighted by molar-refractivity contribution is 0.0951. The minimum Gasteiger partial charge on any atom is -0.378 e. The van der Waals surface area contributed by atoms with Crippen molar-refractivity contribution in [1.29, 1.82) is 0 Å². The van der Waals surface area contributed by atoms with E-state index in [1.807, 2.05) is 66.2 Å². The van der Waals surface area contributed by atoms with Crippen LogP contribution < -0.4 is 10.3 Å². The minimum absolute atomic E-state index is 0.0423. The lowest BCUT2D eigenvalue weighted by Crippen LogP contribution is -2.19. The van der Waals surface area contributed by atoms with Crippen molar-refractivity contribution in [3.05, 3.63) is 83.9 Å². The van der Waals surface area contributed by atoms with E-state index in [-0.39, 0.29) is 5.56 Å². The van der Waals surface area contributed by atoms with Crippen LogP contribution in [0.2, 0.25) is 0 Å². The Morgan fingerprint density at radius 1 is 1.08 bits per heavy atom. The normalized spacial score (nSPS) is 10.9. The summed E-state index contributed by atoms with van der Waals surface area (Å²) in [6, 6.07) is 17.6. The van der Waals surface area contributed by atoms with E-state index in [0.717, 1.165) is 17.1 Å². The molecule has 0 unspecified atom stereocenters. The third kappa shape index (κ3) is 3.80. The smallest absolute Gasteiger partial charge is 0.274 e. The maximum atomic E-state index is 13.6. The number of nitrogens with one attached hydrogen (secondary N) is 1. The number of amides is 1. The lowest BCUT2D eigenvalue weighted by atomic mass is 10.2. The average Bonchev–Trinajstić information content (AvgIpc) is 3.10. The minimum atomic E-state index is -0.590. The highest BCUT2D eigenvalue weighted by Crippen LogP contribution is 2.17. The predicted octanol–water partition coefficient (Wildman–Crippen LogP) is 3.45. The standard InChI is InChI=1S/C20H19FN4O/c1-24(2)15-9-11-16(12-10-15)25-13-5-6-17(25)14-22-23-20(26)18-7-3-4-8-19(18)21/h3-14H,1-2H3,(H,23,26)/b22-14-. The summed E-state index contributed by atoms with van der Waals surface area (Å²) in [7, 11) is 3.97. The van der Waals surface area contributed by atoms with Crippen molar-refractivity contribution in [2.24, 2.45) is 5.10 Å². The number of hydrogen-bond donors (Lipinski definition) is 1. The van der Waals surface area contributed by atoms with Gasteiger partial charge in [0, 0.05) is 31.7 Å². The number of aromatic nitrogens is 1. The first-order valence-corrected chi connectivity index (χ1v) is 8.09. The van der Waals surface area contributed by atoms with E-state index in [1.54, 1.807) is 6.07 Å². The van der Waals surface area contributed by atoms with Gasteiger partial charge in [0.15, 0.2) is 0 Å². The second-order valence-corrected chi connectivity index (χ2v) is 5.89. The molecular formula is C20H19FN4O. The van der Waals surface area contributed by atoms with E-state index in [1.165, 1.54) is 24.4 Å². The molecule has 0 saturated heterocycles. The Morgan fingerprint density at radius 3 is 2.50 bits per heavy atom. The SMILES string of the molecule is CN(C)c1ccc(-n2cccc2/C=N\NC(=O)c2ccccc2F)cc1. The zero-order chi connectivity index (χ0) is 18.5.